The van der Waals surface area contributed by atoms with Crippen molar-refractivity contribution < 1.29 is 5.11 Å². The quantitative estimate of drug-likeness (QED) is 0.373. The third kappa shape index (κ3) is 2.95. The van der Waals surface area contributed by atoms with Gasteiger partial charge in [-0.3, -0.25) is 0 Å². The van der Waals surface area contributed by atoms with Crippen molar-refractivity contribution in [3.05, 3.63) is 88.6 Å². The van der Waals surface area contributed by atoms with Crippen LogP contribution in [-0.2, 0) is 0 Å². The van der Waals surface area contributed by atoms with E-state index >= 15 is 0 Å². The molecule has 3 nitrogen and oxygen atoms in total. The monoisotopic (exact) mass is 388 g/mol. The molecular weight excluding hydrogens is 372 g/mol. The summed E-state index contributed by atoms with van der Waals surface area (Å²) in [5.41, 5.74) is 1.87. The molecule has 0 fully saturated rings. The second-order valence-electron chi connectivity index (χ2n) is 6.30. The number of aromatic hydroxyl groups is 1. The van der Waals surface area contributed by atoms with Crippen LogP contribution in [-0.4, -0.2) is 10.1 Å². The predicted molar refractivity (Wildman–Crippen MR) is 115 cm³/mol. The van der Waals surface area contributed by atoms with E-state index < -0.39 is 0 Å². The molecule has 0 spiro atoms. The van der Waals surface area contributed by atoms with Crippen LogP contribution in [0, 0.1) is 0 Å². The van der Waals surface area contributed by atoms with E-state index in [0.29, 0.717) is 5.75 Å². The van der Waals surface area contributed by atoms with E-state index in [-0.39, 0.29) is 6.04 Å². The number of phenolic OH excluding ortho intramolecular Hbond substituents is 1. The van der Waals surface area contributed by atoms with Gasteiger partial charge in [0.15, 0.2) is 5.13 Å². The van der Waals surface area contributed by atoms with Crippen LogP contribution in [0.2, 0.25) is 0 Å². The van der Waals surface area contributed by atoms with E-state index in [1.54, 1.807) is 28.7 Å². The summed E-state index contributed by atoms with van der Waals surface area (Å²) in [6, 6.07) is 24.0. The third-order valence-corrected chi connectivity index (χ3v) is 6.53. The second-order valence-corrected chi connectivity index (χ2v) is 8.31. The topological polar surface area (TPSA) is 45.1 Å². The third-order valence-electron chi connectivity index (χ3n) is 4.63. The first kappa shape index (κ1) is 16.3. The normalized spacial score (nSPS) is 12.4. The first-order chi connectivity index (χ1) is 13.3. The minimum atomic E-state index is -0.170. The lowest BCUT2D eigenvalue weighted by atomic mass is 9.96. The number of rotatable bonds is 4. The number of anilines is 1. The van der Waals surface area contributed by atoms with Gasteiger partial charge >= 0.3 is 0 Å². The van der Waals surface area contributed by atoms with Crippen LogP contribution in [0.1, 0.15) is 16.5 Å². The molecule has 132 valence electrons. The molecule has 0 aliphatic heterocycles. The number of para-hydroxylation sites is 1. The molecule has 5 heteroatoms. The average Bonchev–Trinajstić information content (AvgIpc) is 3.36. The molecule has 2 N–H and O–H groups in total. The highest BCUT2D eigenvalue weighted by Crippen LogP contribution is 2.40. The second kappa shape index (κ2) is 6.68. The first-order valence-electron chi connectivity index (χ1n) is 8.66. The molecule has 0 amide bonds. The molecule has 1 atom stereocenters. The van der Waals surface area contributed by atoms with E-state index in [1.165, 1.54) is 0 Å². The molecule has 0 saturated carbocycles. The highest BCUT2D eigenvalue weighted by Gasteiger charge is 2.22. The lowest BCUT2D eigenvalue weighted by Gasteiger charge is -2.20. The molecule has 5 rings (SSSR count). The molecule has 0 aliphatic rings. The van der Waals surface area contributed by atoms with Crippen LogP contribution in [0.15, 0.2) is 78.2 Å². The minimum absolute atomic E-state index is 0.170. The number of hydrogen-bond donors (Lipinski definition) is 2. The Labute approximate surface area is 164 Å². The Kier molecular flexibility index (Phi) is 4.03. The Morgan fingerprint density at radius 2 is 1.74 bits per heavy atom. The highest BCUT2D eigenvalue weighted by atomic mass is 32.1. The van der Waals surface area contributed by atoms with Crippen molar-refractivity contribution in [3.8, 4) is 5.75 Å². The van der Waals surface area contributed by atoms with Crippen molar-refractivity contribution in [3.63, 3.8) is 0 Å². The number of thiophene rings is 1. The van der Waals surface area contributed by atoms with Gasteiger partial charge in [-0.15, -0.1) is 11.3 Å². The SMILES string of the molecule is Oc1ccc2ccccc2c1C(Nc1nc2ccccc2s1)c1cccs1. The largest absolute Gasteiger partial charge is 0.508 e. The fourth-order valence-corrected chi connectivity index (χ4v) is 5.06. The number of aromatic nitrogens is 1. The molecule has 1 unspecified atom stereocenters. The van der Waals surface area contributed by atoms with Crippen LogP contribution in [0.4, 0.5) is 5.13 Å². The maximum Gasteiger partial charge on any atom is 0.184 e. The molecule has 0 saturated heterocycles. The summed E-state index contributed by atoms with van der Waals surface area (Å²) in [6.45, 7) is 0. The first-order valence-corrected chi connectivity index (χ1v) is 10.4. The van der Waals surface area contributed by atoms with E-state index in [2.05, 4.69) is 35.0 Å². The lowest BCUT2D eigenvalue weighted by molar-refractivity contribution is 0.468. The number of nitrogens with one attached hydrogen (secondary N) is 1. The van der Waals surface area contributed by atoms with Crippen LogP contribution in [0.25, 0.3) is 21.0 Å². The molecule has 0 radical (unpaired) electrons. The van der Waals surface area contributed by atoms with E-state index in [9.17, 15) is 5.11 Å². The number of benzene rings is 3. The number of thiazole rings is 1. The van der Waals surface area contributed by atoms with Crippen molar-refractivity contribution in [2.24, 2.45) is 0 Å². The van der Waals surface area contributed by atoms with Crippen molar-refractivity contribution in [1.82, 2.24) is 4.98 Å². The van der Waals surface area contributed by atoms with Crippen LogP contribution < -0.4 is 5.32 Å². The van der Waals surface area contributed by atoms with Gasteiger partial charge in [0.05, 0.1) is 16.3 Å². The maximum absolute atomic E-state index is 10.7. The van der Waals surface area contributed by atoms with Crippen molar-refractivity contribution in [2.75, 3.05) is 5.32 Å². The molecule has 2 aromatic heterocycles. The number of hydrogen-bond acceptors (Lipinski definition) is 5. The summed E-state index contributed by atoms with van der Waals surface area (Å²) >= 11 is 3.30. The van der Waals surface area contributed by atoms with E-state index in [4.69, 9.17) is 4.98 Å². The van der Waals surface area contributed by atoms with Gasteiger partial charge in [-0.1, -0.05) is 59.9 Å². The summed E-state index contributed by atoms with van der Waals surface area (Å²) in [5, 5.41) is 19.4. The van der Waals surface area contributed by atoms with Gasteiger partial charge in [-0.25, -0.2) is 4.98 Å². The van der Waals surface area contributed by atoms with Crippen LogP contribution >= 0.6 is 22.7 Å². The smallest absolute Gasteiger partial charge is 0.184 e. The summed E-state index contributed by atoms with van der Waals surface area (Å²) in [7, 11) is 0. The minimum Gasteiger partial charge on any atom is -0.508 e. The standard InChI is InChI=1S/C22H16N2OS2/c25-17-12-11-14-6-1-2-7-15(14)20(17)21(19-10-5-13-26-19)24-22-23-16-8-3-4-9-18(16)27-22/h1-13,21,25H,(H,23,24). The Morgan fingerprint density at radius 3 is 2.59 bits per heavy atom. The fraction of sp³-hybridized carbons (Fsp3) is 0.0455. The van der Waals surface area contributed by atoms with Crippen molar-refractivity contribution in [2.45, 2.75) is 6.04 Å². The summed E-state index contributed by atoms with van der Waals surface area (Å²) in [6.07, 6.45) is 0. The Balaban J connectivity index is 1.67. The van der Waals surface area contributed by atoms with Gasteiger partial charge in [0.25, 0.3) is 0 Å². The van der Waals surface area contributed by atoms with Gasteiger partial charge in [0.2, 0.25) is 0 Å². The predicted octanol–water partition coefficient (Wildman–Crippen LogP) is 6.42. The Morgan fingerprint density at radius 1 is 0.889 bits per heavy atom. The summed E-state index contributed by atoms with van der Waals surface area (Å²) < 4.78 is 1.15. The van der Waals surface area contributed by atoms with Gasteiger partial charge in [-0.05, 0) is 40.4 Å². The van der Waals surface area contributed by atoms with E-state index in [1.807, 2.05) is 42.5 Å². The van der Waals surface area contributed by atoms with Gasteiger partial charge < -0.3 is 10.4 Å². The van der Waals surface area contributed by atoms with E-state index in [0.717, 1.165) is 36.6 Å². The van der Waals surface area contributed by atoms with Crippen LogP contribution in [0.5, 0.6) is 5.75 Å². The molecular formula is C22H16N2OS2. The molecule has 3 aromatic carbocycles. The zero-order chi connectivity index (χ0) is 18.2. The molecule has 0 bridgehead atoms. The molecule has 27 heavy (non-hydrogen) atoms. The number of fused-ring (bicyclic) bond motifs is 2. The lowest BCUT2D eigenvalue weighted by Crippen LogP contribution is -2.11. The zero-order valence-electron chi connectivity index (χ0n) is 14.3. The Hall–Kier alpha value is -2.89. The highest BCUT2D eigenvalue weighted by molar-refractivity contribution is 7.22. The summed E-state index contributed by atoms with van der Waals surface area (Å²) in [5.74, 6) is 0.292. The van der Waals surface area contributed by atoms with Crippen LogP contribution in [0.3, 0.4) is 0 Å². The molecule has 0 aliphatic carbocycles. The zero-order valence-corrected chi connectivity index (χ0v) is 15.9. The van der Waals surface area contributed by atoms with Gasteiger partial charge in [0.1, 0.15) is 5.75 Å². The molecule has 5 aromatic rings. The number of phenols is 1. The molecule has 2 heterocycles. The van der Waals surface area contributed by atoms with Crippen molar-refractivity contribution >= 4 is 48.8 Å². The number of nitrogens with zero attached hydrogens (tertiary/aromatic N) is 1. The Bertz CT molecular complexity index is 1190. The van der Waals surface area contributed by atoms with Gasteiger partial charge in [-0.2, -0.15) is 0 Å². The average molecular weight is 389 g/mol. The van der Waals surface area contributed by atoms with Crippen molar-refractivity contribution in [1.29, 1.82) is 0 Å². The maximum atomic E-state index is 10.7. The van der Waals surface area contributed by atoms with Gasteiger partial charge in [0, 0.05) is 10.4 Å². The fourth-order valence-electron chi connectivity index (χ4n) is 3.39. The summed E-state index contributed by atoms with van der Waals surface area (Å²) in [4.78, 5) is 5.87.